The zero-order valence-electron chi connectivity index (χ0n) is 12.0. The van der Waals surface area contributed by atoms with Gasteiger partial charge in [0.1, 0.15) is 5.75 Å². The number of piperazine rings is 1. The molecule has 0 aromatic heterocycles. The number of carbonyl (C=O) groups excluding carboxylic acids is 1. The van der Waals surface area contributed by atoms with E-state index in [4.69, 9.17) is 4.74 Å². The van der Waals surface area contributed by atoms with Gasteiger partial charge >= 0.3 is 0 Å². The number of hydrogen-bond acceptors (Lipinski definition) is 4. The summed E-state index contributed by atoms with van der Waals surface area (Å²) in [6.45, 7) is 6.49. The fraction of sp³-hybridized carbons (Fsp3) is 0.533. The number of ketones is 1. The molecular formula is C15H22N2O2. The summed E-state index contributed by atoms with van der Waals surface area (Å²) in [6.07, 6.45) is 0. The van der Waals surface area contributed by atoms with Crippen molar-refractivity contribution in [2.45, 2.75) is 6.92 Å². The van der Waals surface area contributed by atoms with Gasteiger partial charge in [0.25, 0.3) is 0 Å². The molecule has 1 aromatic carbocycles. The van der Waals surface area contributed by atoms with Crippen molar-refractivity contribution in [1.29, 1.82) is 0 Å². The van der Waals surface area contributed by atoms with Gasteiger partial charge in [-0.3, -0.25) is 9.69 Å². The number of Topliss-reactive ketones (excluding diaryl/α,β-unsaturated/α-hetero) is 1. The highest BCUT2D eigenvalue weighted by Crippen LogP contribution is 2.17. The molecule has 0 N–H and O–H groups in total. The second-order valence-corrected chi connectivity index (χ2v) is 5.18. The van der Waals surface area contributed by atoms with Crippen LogP contribution in [-0.4, -0.2) is 62.5 Å². The van der Waals surface area contributed by atoms with E-state index in [9.17, 15) is 4.79 Å². The number of benzene rings is 1. The SMILES string of the molecule is COc1ccc(C(=O)CN2CCN(C)CC2)c(C)c1. The molecule has 0 spiro atoms. The Kier molecular flexibility index (Phi) is 4.56. The second kappa shape index (κ2) is 6.17. The van der Waals surface area contributed by atoms with Crippen molar-refractivity contribution < 1.29 is 9.53 Å². The molecule has 1 aliphatic heterocycles. The van der Waals surface area contributed by atoms with Gasteiger partial charge in [0.2, 0.25) is 0 Å². The number of carbonyl (C=O) groups is 1. The first kappa shape index (κ1) is 14.0. The molecule has 0 aliphatic carbocycles. The number of aryl methyl sites for hydroxylation is 1. The Bertz CT molecular complexity index is 451. The van der Waals surface area contributed by atoms with Gasteiger partial charge in [0.15, 0.2) is 5.78 Å². The third kappa shape index (κ3) is 3.55. The Morgan fingerprint density at radius 1 is 1.26 bits per heavy atom. The fourth-order valence-corrected chi connectivity index (χ4v) is 2.37. The lowest BCUT2D eigenvalue weighted by atomic mass is 10.0. The number of likely N-dealkylation sites (N-methyl/N-ethyl adjacent to an activating group) is 1. The third-order valence-electron chi connectivity index (χ3n) is 3.70. The third-order valence-corrected chi connectivity index (χ3v) is 3.70. The molecule has 0 bridgehead atoms. The van der Waals surface area contributed by atoms with Crippen molar-refractivity contribution in [3.05, 3.63) is 29.3 Å². The normalized spacial score (nSPS) is 17.4. The van der Waals surface area contributed by atoms with Gasteiger partial charge < -0.3 is 9.64 Å². The second-order valence-electron chi connectivity index (χ2n) is 5.18. The van der Waals surface area contributed by atoms with Crippen molar-refractivity contribution in [2.75, 3.05) is 46.9 Å². The van der Waals surface area contributed by atoms with Crippen LogP contribution in [0.4, 0.5) is 0 Å². The minimum Gasteiger partial charge on any atom is -0.497 e. The molecule has 0 amide bonds. The molecule has 1 aromatic rings. The van der Waals surface area contributed by atoms with Crippen LogP contribution in [0.5, 0.6) is 5.75 Å². The predicted molar refractivity (Wildman–Crippen MR) is 76.0 cm³/mol. The summed E-state index contributed by atoms with van der Waals surface area (Å²) < 4.78 is 5.16. The smallest absolute Gasteiger partial charge is 0.177 e. The minimum absolute atomic E-state index is 0.199. The van der Waals surface area contributed by atoms with Crippen LogP contribution in [0, 0.1) is 6.92 Å². The maximum absolute atomic E-state index is 12.3. The molecule has 4 heteroatoms. The van der Waals surface area contributed by atoms with Gasteiger partial charge in [-0.15, -0.1) is 0 Å². The van der Waals surface area contributed by atoms with Gasteiger partial charge in [-0.25, -0.2) is 0 Å². The lowest BCUT2D eigenvalue weighted by Crippen LogP contribution is -2.46. The Balaban J connectivity index is 2.00. The lowest BCUT2D eigenvalue weighted by molar-refractivity contribution is 0.0876. The van der Waals surface area contributed by atoms with E-state index < -0.39 is 0 Å². The predicted octanol–water partition coefficient (Wildman–Crippen LogP) is 1.43. The van der Waals surface area contributed by atoms with Gasteiger partial charge in [-0.05, 0) is 37.7 Å². The highest BCUT2D eigenvalue weighted by atomic mass is 16.5. The van der Waals surface area contributed by atoms with Crippen LogP contribution < -0.4 is 4.74 Å². The average Bonchev–Trinajstić information content (AvgIpc) is 2.41. The van der Waals surface area contributed by atoms with Crippen LogP contribution in [0.15, 0.2) is 18.2 Å². The van der Waals surface area contributed by atoms with E-state index in [0.29, 0.717) is 6.54 Å². The van der Waals surface area contributed by atoms with Crippen molar-refractivity contribution in [3.8, 4) is 5.75 Å². The van der Waals surface area contributed by atoms with E-state index in [1.807, 2.05) is 25.1 Å². The molecule has 0 radical (unpaired) electrons. The molecule has 104 valence electrons. The van der Waals surface area contributed by atoms with E-state index in [2.05, 4.69) is 16.8 Å². The molecule has 2 rings (SSSR count). The minimum atomic E-state index is 0.199. The summed E-state index contributed by atoms with van der Waals surface area (Å²) >= 11 is 0. The quantitative estimate of drug-likeness (QED) is 0.769. The Morgan fingerprint density at radius 3 is 2.53 bits per heavy atom. The molecule has 1 heterocycles. The van der Waals surface area contributed by atoms with Crippen molar-refractivity contribution in [3.63, 3.8) is 0 Å². The number of ether oxygens (including phenoxy) is 1. The van der Waals surface area contributed by atoms with Gasteiger partial charge in [0, 0.05) is 31.7 Å². The van der Waals surface area contributed by atoms with E-state index in [1.54, 1.807) is 7.11 Å². The summed E-state index contributed by atoms with van der Waals surface area (Å²) in [5.74, 6) is 0.998. The zero-order valence-corrected chi connectivity index (χ0v) is 12.0. The monoisotopic (exact) mass is 262 g/mol. The van der Waals surface area contributed by atoms with Gasteiger partial charge in [-0.1, -0.05) is 0 Å². The van der Waals surface area contributed by atoms with Crippen LogP contribution >= 0.6 is 0 Å². The number of rotatable bonds is 4. The Hall–Kier alpha value is -1.39. The molecule has 1 saturated heterocycles. The van der Waals surface area contributed by atoms with E-state index in [0.717, 1.165) is 43.1 Å². The van der Waals surface area contributed by atoms with Crippen LogP contribution in [0.3, 0.4) is 0 Å². The maximum atomic E-state index is 12.3. The molecule has 0 unspecified atom stereocenters. The summed E-state index contributed by atoms with van der Waals surface area (Å²) in [6, 6.07) is 5.63. The topological polar surface area (TPSA) is 32.8 Å². The highest BCUT2D eigenvalue weighted by molar-refractivity contribution is 5.99. The van der Waals surface area contributed by atoms with Crippen LogP contribution in [0.1, 0.15) is 15.9 Å². The van der Waals surface area contributed by atoms with Crippen molar-refractivity contribution in [1.82, 2.24) is 9.80 Å². The van der Waals surface area contributed by atoms with E-state index >= 15 is 0 Å². The van der Waals surface area contributed by atoms with E-state index in [1.165, 1.54) is 0 Å². The van der Waals surface area contributed by atoms with Gasteiger partial charge in [-0.2, -0.15) is 0 Å². The number of hydrogen-bond donors (Lipinski definition) is 0. The molecule has 19 heavy (non-hydrogen) atoms. The van der Waals surface area contributed by atoms with Gasteiger partial charge in [0.05, 0.1) is 13.7 Å². The first-order valence-electron chi connectivity index (χ1n) is 6.69. The lowest BCUT2D eigenvalue weighted by Gasteiger charge is -2.31. The highest BCUT2D eigenvalue weighted by Gasteiger charge is 2.18. The summed E-state index contributed by atoms with van der Waals surface area (Å²) in [5.41, 5.74) is 1.79. The molecular weight excluding hydrogens is 240 g/mol. The summed E-state index contributed by atoms with van der Waals surface area (Å²) in [7, 11) is 3.76. The summed E-state index contributed by atoms with van der Waals surface area (Å²) in [4.78, 5) is 16.8. The molecule has 0 saturated carbocycles. The zero-order chi connectivity index (χ0) is 13.8. The molecule has 1 aliphatic rings. The van der Waals surface area contributed by atoms with Crippen LogP contribution in [-0.2, 0) is 0 Å². The van der Waals surface area contributed by atoms with Crippen molar-refractivity contribution in [2.24, 2.45) is 0 Å². The first-order valence-corrected chi connectivity index (χ1v) is 6.69. The average molecular weight is 262 g/mol. The number of nitrogens with zero attached hydrogens (tertiary/aromatic N) is 2. The van der Waals surface area contributed by atoms with Crippen LogP contribution in [0.25, 0.3) is 0 Å². The molecule has 0 atom stereocenters. The Morgan fingerprint density at radius 2 is 1.95 bits per heavy atom. The summed E-state index contributed by atoms with van der Waals surface area (Å²) in [5, 5.41) is 0. The maximum Gasteiger partial charge on any atom is 0.177 e. The van der Waals surface area contributed by atoms with Crippen LogP contribution in [0.2, 0.25) is 0 Å². The Labute approximate surface area is 115 Å². The molecule has 4 nitrogen and oxygen atoms in total. The fourth-order valence-electron chi connectivity index (χ4n) is 2.37. The van der Waals surface area contributed by atoms with E-state index in [-0.39, 0.29) is 5.78 Å². The van der Waals surface area contributed by atoms with Crippen molar-refractivity contribution >= 4 is 5.78 Å². The standard InChI is InChI=1S/C15H22N2O2/c1-12-10-13(19-3)4-5-14(12)15(18)11-17-8-6-16(2)7-9-17/h4-5,10H,6-9,11H2,1-3H3. The molecule has 1 fully saturated rings. The first-order chi connectivity index (χ1) is 9.10. The number of methoxy groups -OCH3 is 1. The largest absolute Gasteiger partial charge is 0.497 e.